The van der Waals surface area contributed by atoms with Crippen LogP contribution in [-0.2, 0) is 9.53 Å². The van der Waals surface area contributed by atoms with E-state index in [0.29, 0.717) is 5.56 Å². The molecule has 0 radical (unpaired) electrons. The summed E-state index contributed by atoms with van der Waals surface area (Å²) >= 11 is 0. The molecule has 0 bridgehead atoms. The maximum absolute atomic E-state index is 14.5. The van der Waals surface area contributed by atoms with Gasteiger partial charge in [0, 0.05) is 18.4 Å². The van der Waals surface area contributed by atoms with Crippen LogP contribution in [0.2, 0.25) is 0 Å². The minimum absolute atomic E-state index is 0.0475. The third-order valence-electron chi connectivity index (χ3n) is 4.31. The molecule has 0 aromatic heterocycles. The van der Waals surface area contributed by atoms with E-state index in [0.717, 1.165) is 36.5 Å². The number of hydrogen-bond donors (Lipinski definition) is 0. The summed E-state index contributed by atoms with van der Waals surface area (Å²) in [4.78, 5) is 11.3. The molecular formula is C18H19FO2. The number of carbonyl (C=O) groups excluding carboxylic acids is 1. The van der Waals surface area contributed by atoms with Crippen LogP contribution in [0, 0.1) is 5.82 Å². The lowest BCUT2D eigenvalue weighted by Gasteiger charge is -2.32. The number of hydrogen-bond acceptors (Lipinski definition) is 2. The fourth-order valence-corrected chi connectivity index (χ4v) is 3.43. The van der Waals surface area contributed by atoms with Gasteiger partial charge < -0.3 is 4.74 Å². The largest absolute Gasteiger partial charge is 0.462 e. The Morgan fingerprint density at radius 3 is 2.71 bits per heavy atom. The molecule has 0 spiro atoms. The third-order valence-corrected chi connectivity index (χ3v) is 4.31. The average molecular weight is 286 g/mol. The Balaban J connectivity index is 2.08. The highest BCUT2D eigenvalue weighted by molar-refractivity contribution is 5.86. The predicted molar refractivity (Wildman–Crippen MR) is 80.7 cm³/mol. The first kappa shape index (κ1) is 14.1. The van der Waals surface area contributed by atoms with Gasteiger partial charge in [0.05, 0.1) is 0 Å². The van der Waals surface area contributed by atoms with Gasteiger partial charge in [0.15, 0.2) is 0 Å². The second-order valence-electron chi connectivity index (χ2n) is 5.72. The number of ether oxygens (including phenoxy) is 1. The molecule has 0 unspecified atom stereocenters. The van der Waals surface area contributed by atoms with E-state index < -0.39 is 0 Å². The quantitative estimate of drug-likeness (QED) is 0.756. The number of carbonyl (C=O) groups is 1. The van der Waals surface area contributed by atoms with E-state index in [2.05, 4.69) is 0 Å². The maximum atomic E-state index is 14.5. The maximum Gasteiger partial charge on any atom is 0.302 e. The number of fused-ring (bicyclic) bond motifs is 1. The normalized spacial score (nSPS) is 22.2. The molecule has 0 saturated heterocycles. The Morgan fingerprint density at radius 2 is 1.90 bits per heavy atom. The Labute approximate surface area is 123 Å². The van der Waals surface area contributed by atoms with Crippen molar-refractivity contribution in [3.8, 4) is 0 Å². The number of rotatable bonds is 2. The van der Waals surface area contributed by atoms with Crippen molar-refractivity contribution in [2.24, 2.45) is 0 Å². The third kappa shape index (κ3) is 2.78. The first-order chi connectivity index (χ1) is 10.2. The van der Waals surface area contributed by atoms with Crippen LogP contribution in [0.3, 0.4) is 0 Å². The van der Waals surface area contributed by atoms with E-state index >= 15 is 0 Å². The minimum atomic E-state index is -0.285. The highest BCUT2D eigenvalue weighted by atomic mass is 19.1. The molecule has 3 rings (SSSR count). The van der Waals surface area contributed by atoms with Crippen molar-refractivity contribution in [1.29, 1.82) is 0 Å². The monoisotopic (exact) mass is 286 g/mol. The van der Waals surface area contributed by atoms with Gasteiger partial charge in [-0.15, -0.1) is 0 Å². The highest BCUT2D eigenvalue weighted by Gasteiger charge is 2.31. The number of esters is 1. The molecule has 1 aliphatic carbocycles. The van der Waals surface area contributed by atoms with E-state index in [1.165, 1.54) is 13.0 Å². The van der Waals surface area contributed by atoms with Gasteiger partial charge in [-0.3, -0.25) is 4.79 Å². The summed E-state index contributed by atoms with van der Waals surface area (Å²) in [5, 5.41) is 1.96. The zero-order valence-corrected chi connectivity index (χ0v) is 12.1. The van der Waals surface area contributed by atoms with Crippen LogP contribution in [0.15, 0.2) is 36.4 Å². The molecule has 1 fully saturated rings. The van der Waals surface area contributed by atoms with Gasteiger partial charge in [-0.05, 0) is 36.1 Å². The summed E-state index contributed by atoms with van der Waals surface area (Å²) in [6.45, 7) is 1.42. The molecule has 110 valence electrons. The second-order valence-corrected chi connectivity index (χ2v) is 5.72. The first-order valence-electron chi connectivity index (χ1n) is 7.51. The van der Waals surface area contributed by atoms with E-state index in [4.69, 9.17) is 4.74 Å². The Hall–Kier alpha value is -1.90. The predicted octanol–water partition coefficient (Wildman–Crippen LogP) is 4.57. The average Bonchev–Trinajstić information content (AvgIpc) is 2.48. The lowest BCUT2D eigenvalue weighted by molar-refractivity contribution is -0.148. The molecule has 2 nitrogen and oxygen atoms in total. The van der Waals surface area contributed by atoms with Gasteiger partial charge in [0.1, 0.15) is 11.9 Å². The van der Waals surface area contributed by atoms with Crippen molar-refractivity contribution in [1.82, 2.24) is 0 Å². The molecule has 3 heteroatoms. The van der Waals surface area contributed by atoms with Crippen molar-refractivity contribution in [3.63, 3.8) is 0 Å². The van der Waals surface area contributed by atoms with Crippen LogP contribution in [0.1, 0.15) is 44.1 Å². The van der Waals surface area contributed by atoms with Gasteiger partial charge >= 0.3 is 5.97 Å². The molecule has 1 aliphatic rings. The zero-order valence-electron chi connectivity index (χ0n) is 12.1. The van der Waals surface area contributed by atoms with Crippen molar-refractivity contribution >= 4 is 16.7 Å². The van der Waals surface area contributed by atoms with E-state index in [1.54, 1.807) is 6.07 Å². The highest BCUT2D eigenvalue weighted by Crippen LogP contribution is 2.39. The summed E-state index contributed by atoms with van der Waals surface area (Å²) < 4.78 is 19.9. The summed E-state index contributed by atoms with van der Waals surface area (Å²) in [5.41, 5.74) is 0.707. The topological polar surface area (TPSA) is 26.3 Å². The SMILES string of the molecule is CC(=O)O[C@H]1CCCC[C@H]1c1c(F)ccc2ccccc12. The van der Waals surface area contributed by atoms with E-state index in [1.807, 2.05) is 24.3 Å². The van der Waals surface area contributed by atoms with Crippen LogP contribution >= 0.6 is 0 Å². The molecule has 0 heterocycles. The Morgan fingerprint density at radius 1 is 1.14 bits per heavy atom. The lowest BCUT2D eigenvalue weighted by atomic mass is 9.79. The van der Waals surface area contributed by atoms with E-state index in [-0.39, 0.29) is 23.8 Å². The minimum Gasteiger partial charge on any atom is -0.462 e. The van der Waals surface area contributed by atoms with Crippen molar-refractivity contribution in [3.05, 3.63) is 47.8 Å². The molecule has 2 atom stereocenters. The molecule has 0 amide bonds. The van der Waals surface area contributed by atoms with Crippen molar-refractivity contribution < 1.29 is 13.9 Å². The molecule has 1 saturated carbocycles. The number of halogens is 1. The van der Waals surface area contributed by atoms with Crippen LogP contribution < -0.4 is 0 Å². The van der Waals surface area contributed by atoms with Crippen molar-refractivity contribution in [2.75, 3.05) is 0 Å². The van der Waals surface area contributed by atoms with Crippen LogP contribution in [-0.4, -0.2) is 12.1 Å². The van der Waals surface area contributed by atoms with Gasteiger partial charge in [-0.1, -0.05) is 36.8 Å². The molecule has 0 N–H and O–H groups in total. The zero-order chi connectivity index (χ0) is 14.8. The van der Waals surface area contributed by atoms with Crippen LogP contribution in [0.5, 0.6) is 0 Å². The summed E-state index contributed by atoms with van der Waals surface area (Å²) in [5.74, 6) is -0.529. The van der Waals surface area contributed by atoms with Gasteiger partial charge in [0.2, 0.25) is 0 Å². The number of benzene rings is 2. The lowest BCUT2D eigenvalue weighted by Crippen LogP contribution is -2.28. The molecule has 0 aliphatic heterocycles. The van der Waals surface area contributed by atoms with Crippen molar-refractivity contribution in [2.45, 2.75) is 44.6 Å². The summed E-state index contributed by atoms with van der Waals surface area (Å²) in [6.07, 6.45) is 3.54. The standard InChI is InChI=1S/C18H19FO2/c1-12(20)21-17-9-5-4-8-15(17)18-14-7-3-2-6-13(14)10-11-16(18)19/h2-3,6-7,10-11,15,17H,4-5,8-9H2,1H3/t15-,17+/m1/s1. The summed E-state index contributed by atoms with van der Waals surface area (Å²) in [6, 6.07) is 11.1. The fraction of sp³-hybridized carbons (Fsp3) is 0.389. The first-order valence-corrected chi connectivity index (χ1v) is 7.51. The second kappa shape index (κ2) is 5.84. The fourth-order valence-electron chi connectivity index (χ4n) is 3.43. The molecule has 2 aromatic rings. The Bertz CT molecular complexity index is 665. The van der Waals surface area contributed by atoms with Crippen LogP contribution in [0.4, 0.5) is 4.39 Å². The molecule has 21 heavy (non-hydrogen) atoms. The Kier molecular flexibility index (Phi) is 3.91. The summed E-state index contributed by atoms with van der Waals surface area (Å²) in [7, 11) is 0. The molecular weight excluding hydrogens is 267 g/mol. The van der Waals surface area contributed by atoms with Gasteiger partial charge in [-0.25, -0.2) is 4.39 Å². The van der Waals surface area contributed by atoms with Crippen LogP contribution in [0.25, 0.3) is 10.8 Å². The van der Waals surface area contributed by atoms with E-state index in [9.17, 15) is 9.18 Å². The smallest absolute Gasteiger partial charge is 0.302 e. The van der Waals surface area contributed by atoms with Gasteiger partial charge in [-0.2, -0.15) is 0 Å². The molecule has 2 aromatic carbocycles. The van der Waals surface area contributed by atoms with Gasteiger partial charge in [0.25, 0.3) is 0 Å².